The van der Waals surface area contributed by atoms with Crippen LogP contribution < -0.4 is 10.1 Å². The van der Waals surface area contributed by atoms with Crippen molar-refractivity contribution in [2.45, 2.75) is 31.7 Å². The summed E-state index contributed by atoms with van der Waals surface area (Å²) in [6.07, 6.45) is 5.32. The molecule has 1 aliphatic heterocycles. The van der Waals surface area contributed by atoms with E-state index in [4.69, 9.17) is 4.74 Å². The van der Waals surface area contributed by atoms with Crippen molar-refractivity contribution >= 4 is 5.91 Å². The van der Waals surface area contributed by atoms with Crippen molar-refractivity contribution in [2.75, 3.05) is 26.7 Å². The highest BCUT2D eigenvalue weighted by Crippen LogP contribution is 2.38. The van der Waals surface area contributed by atoms with Crippen LogP contribution in [0.25, 0.3) is 0 Å². The molecule has 1 saturated carbocycles. The summed E-state index contributed by atoms with van der Waals surface area (Å²) < 4.78 is 5.75. The number of nitrogens with one attached hydrogen (secondary N) is 1. The fraction of sp³-hybridized carbons (Fsp3) is 0.588. The van der Waals surface area contributed by atoms with Crippen LogP contribution in [0.15, 0.2) is 24.3 Å². The van der Waals surface area contributed by atoms with Crippen LogP contribution in [-0.4, -0.2) is 43.6 Å². The van der Waals surface area contributed by atoms with E-state index < -0.39 is 0 Å². The Morgan fingerprint density at radius 3 is 2.86 bits per heavy atom. The van der Waals surface area contributed by atoms with Gasteiger partial charge in [0.05, 0.1) is 6.61 Å². The minimum Gasteiger partial charge on any atom is -0.494 e. The lowest BCUT2D eigenvalue weighted by atomic mass is 9.92. The van der Waals surface area contributed by atoms with Gasteiger partial charge in [-0.2, -0.15) is 0 Å². The number of rotatable bonds is 6. The van der Waals surface area contributed by atoms with Crippen LogP contribution in [0, 0.1) is 5.92 Å². The number of hydrogen-bond donors (Lipinski definition) is 1. The predicted molar refractivity (Wildman–Crippen MR) is 82.6 cm³/mol. The van der Waals surface area contributed by atoms with Gasteiger partial charge in [0.15, 0.2) is 0 Å². The third kappa shape index (κ3) is 3.21. The molecule has 0 unspecified atom stereocenters. The van der Waals surface area contributed by atoms with Crippen molar-refractivity contribution in [3.05, 3.63) is 29.8 Å². The molecule has 1 saturated heterocycles. The highest BCUT2D eigenvalue weighted by atomic mass is 16.5. The van der Waals surface area contributed by atoms with Gasteiger partial charge in [-0.1, -0.05) is 6.42 Å². The Hall–Kier alpha value is -1.55. The zero-order valence-electron chi connectivity index (χ0n) is 12.7. The lowest BCUT2D eigenvalue weighted by Gasteiger charge is -2.44. The molecule has 1 aromatic carbocycles. The van der Waals surface area contributed by atoms with Gasteiger partial charge in [-0.15, -0.1) is 0 Å². The van der Waals surface area contributed by atoms with Gasteiger partial charge in [0.25, 0.3) is 5.91 Å². The van der Waals surface area contributed by atoms with Gasteiger partial charge >= 0.3 is 0 Å². The monoisotopic (exact) mass is 288 g/mol. The maximum Gasteiger partial charge on any atom is 0.251 e. The molecule has 2 fully saturated rings. The van der Waals surface area contributed by atoms with Crippen molar-refractivity contribution < 1.29 is 9.53 Å². The Bertz CT molecular complexity index is 486. The van der Waals surface area contributed by atoms with Gasteiger partial charge in [0.2, 0.25) is 0 Å². The fourth-order valence-electron chi connectivity index (χ4n) is 3.57. The summed E-state index contributed by atoms with van der Waals surface area (Å²) in [5.41, 5.74) is 0.665. The van der Waals surface area contributed by atoms with Crippen LogP contribution in [0.5, 0.6) is 5.75 Å². The molecular formula is C17H24N2O2. The molecule has 1 aromatic rings. The Morgan fingerprint density at radius 2 is 2.14 bits per heavy atom. The predicted octanol–water partition coefficient (Wildman–Crippen LogP) is 2.30. The molecule has 1 amide bonds. The standard InChI is InChI=1S/C17H24N2O2/c1-18-17(20)13-6-8-15(9-7-13)21-11-3-10-19-12-14-4-2-5-16(14)19/h6-9,14,16H,2-5,10-12H2,1H3,(H,18,20)/t14-,16-/m1/s1. The zero-order valence-corrected chi connectivity index (χ0v) is 12.7. The van der Waals surface area contributed by atoms with Crippen LogP contribution in [0.1, 0.15) is 36.0 Å². The first-order chi connectivity index (χ1) is 10.3. The van der Waals surface area contributed by atoms with Crippen LogP contribution in [0.3, 0.4) is 0 Å². The molecule has 1 heterocycles. The average molecular weight is 288 g/mol. The molecule has 3 rings (SSSR count). The summed E-state index contributed by atoms with van der Waals surface area (Å²) in [6, 6.07) is 8.19. The first kappa shape index (κ1) is 14.4. The fourth-order valence-corrected chi connectivity index (χ4v) is 3.57. The summed E-state index contributed by atoms with van der Waals surface area (Å²) in [4.78, 5) is 14.0. The number of benzene rings is 1. The number of nitrogens with zero attached hydrogens (tertiary/aromatic N) is 1. The van der Waals surface area contributed by atoms with E-state index in [0.29, 0.717) is 5.56 Å². The van der Waals surface area contributed by atoms with E-state index in [1.165, 1.54) is 25.8 Å². The number of fused-ring (bicyclic) bond motifs is 1. The van der Waals surface area contributed by atoms with E-state index in [1.807, 2.05) is 12.1 Å². The normalized spacial score (nSPS) is 24.2. The Balaban J connectivity index is 1.36. The zero-order chi connectivity index (χ0) is 14.7. The first-order valence-corrected chi connectivity index (χ1v) is 7.97. The van der Waals surface area contributed by atoms with Gasteiger partial charge in [0, 0.05) is 31.7 Å². The molecule has 2 atom stereocenters. The van der Waals surface area contributed by atoms with Gasteiger partial charge < -0.3 is 10.1 Å². The van der Waals surface area contributed by atoms with Gasteiger partial charge in [-0.25, -0.2) is 0 Å². The topological polar surface area (TPSA) is 41.6 Å². The largest absolute Gasteiger partial charge is 0.494 e. The van der Waals surface area contributed by atoms with E-state index in [0.717, 1.165) is 37.3 Å². The van der Waals surface area contributed by atoms with Crippen molar-refractivity contribution in [2.24, 2.45) is 5.92 Å². The van der Waals surface area contributed by atoms with E-state index in [1.54, 1.807) is 19.2 Å². The summed E-state index contributed by atoms with van der Waals surface area (Å²) >= 11 is 0. The lowest BCUT2D eigenvalue weighted by Crippen LogP contribution is -2.53. The van der Waals surface area contributed by atoms with Crippen LogP contribution in [-0.2, 0) is 0 Å². The molecule has 114 valence electrons. The van der Waals surface area contributed by atoms with E-state index in [9.17, 15) is 4.79 Å². The van der Waals surface area contributed by atoms with E-state index in [2.05, 4.69) is 10.2 Å². The molecule has 21 heavy (non-hydrogen) atoms. The number of hydrogen-bond acceptors (Lipinski definition) is 3. The van der Waals surface area contributed by atoms with Gasteiger partial charge in [0.1, 0.15) is 5.75 Å². The quantitative estimate of drug-likeness (QED) is 0.817. The van der Waals surface area contributed by atoms with Crippen molar-refractivity contribution in [3.8, 4) is 5.75 Å². The summed E-state index contributed by atoms with van der Waals surface area (Å²) in [7, 11) is 1.64. The highest BCUT2D eigenvalue weighted by Gasteiger charge is 2.41. The van der Waals surface area contributed by atoms with Crippen LogP contribution in [0.4, 0.5) is 0 Å². The SMILES string of the molecule is CNC(=O)c1ccc(OCCCN2C[C@H]3CCC[C@H]32)cc1. The minimum atomic E-state index is -0.0644. The molecule has 0 radical (unpaired) electrons. The van der Waals surface area contributed by atoms with Crippen LogP contribution in [0.2, 0.25) is 0 Å². The minimum absolute atomic E-state index is 0.0644. The maximum atomic E-state index is 11.4. The average Bonchev–Trinajstić information content (AvgIpc) is 2.88. The molecule has 1 N–H and O–H groups in total. The number of carbonyl (C=O) groups excluding carboxylic acids is 1. The highest BCUT2D eigenvalue weighted by molar-refractivity contribution is 5.94. The van der Waals surface area contributed by atoms with Crippen molar-refractivity contribution in [3.63, 3.8) is 0 Å². The van der Waals surface area contributed by atoms with Crippen molar-refractivity contribution in [1.82, 2.24) is 10.2 Å². The molecule has 1 aliphatic carbocycles. The first-order valence-electron chi connectivity index (χ1n) is 7.97. The third-order valence-electron chi connectivity index (χ3n) is 4.76. The number of carbonyl (C=O) groups is 1. The molecule has 0 bridgehead atoms. The van der Waals surface area contributed by atoms with Gasteiger partial charge in [-0.3, -0.25) is 9.69 Å². The number of ether oxygens (including phenoxy) is 1. The Labute approximate surface area is 126 Å². The van der Waals surface area contributed by atoms with E-state index >= 15 is 0 Å². The second-order valence-electron chi connectivity index (χ2n) is 6.06. The summed E-state index contributed by atoms with van der Waals surface area (Å²) in [5, 5.41) is 2.61. The molecular weight excluding hydrogens is 264 g/mol. The summed E-state index contributed by atoms with van der Waals surface area (Å²) in [5.74, 6) is 1.76. The molecule has 0 aromatic heterocycles. The molecule has 0 spiro atoms. The smallest absolute Gasteiger partial charge is 0.251 e. The van der Waals surface area contributed by atoms with Gasteiger partial charge in [-0.05, 0) is 49.4 Å². The maximum absolute atomic E-state index is 11.4. The second kappa shape index (κ2) is 6.48. The second-order valence-corrected chi connectivity index (χ2v) is 6.06. The molecule has 4 heteroatoms. The molecule has 4 nitrogen and oxygen atoms in total. The number of likely N-dealkylation sites (tertiary alicyclic amines) is 1. The third-order valence-corrected chi connectivity index (χ3v) is 4.76. The Kier molecular flexibility index (Phi) is 4.44. The summed E-state index contributed by atoms with van der Waals surface area (Å²) in [6.45, 7) is 3.19. The van der Waals surface area contributed by atoms with E-state index in [-0.39, 0.29) is 5.91 Å². The lowest BCUT2D eigenvalue weighted by molar-refractivity contribution is 0.0341. The van der Waals surface area contributed by atoms with Crippen molar-refractivity contribution in [1.29, 1.82) is 0 Å². The van der Waals surface area contributed by atoms with Crippen LogP contribution >= 0.6 is 0 Å². The number of amides is 1. The molecule has 2 aliphatic rings. The Morgan fingerprint density at radius 1 is 1.33 bits per heavy atom.